The SMILES string of the molecule is CCCCc1ccc(C2C=CNN2)cc1. The van der Waals surface area contributed by atoms with Crippen LogP contribution in [0.15, 0.2) is 36.5 Å². The maximum Gasteiger partial charge on any atom is 0.0707 e. The molecule has 1 atom stereocenters. The van der Waals surface area contributed by atoms with Gasteiger partial charge < -0.3 is 5.43 Å². The van der Waals surface area contributed by atoms with Crippen LogP contribution in [-0.4, -0.2) is 0 Å². The first-order chi connectivity index (χ1) is 7.40. The molecule has 0 radical (unpaired) electrons. The molecule has 0 amide bonds. The van der Waals surface area contributed by atoms with Gasteiger partial charge in [0.2, 0.25) is 0 Å². The molecule has 0 saturated heterocycles. The monoisotopic (exact) mass is 202 g/mol. The normalized spacial score (nSPS) is 19.1. The summed E-state index contributed by atoms with van der Waals surface area (Å²) in [5.41, 5.74) is 8.92. The lowest BCUT2D eigenvalue weighted by molar-refractivity contribution is 0.610. The van der Waals surface area contributed by atoms with Crippen LogP contribution < -0.4 is 10.9 Å². The van der Waals surface area contributed by atoms with Crippen molar-refractivity contribution in [3.63, 3.8) is 0 Å². The van der Waals surface area contributed by atoms with Crippen molar-refractivity contribution >= 4 is 0 Å². The molecule has 1 aromatic rings. The largest absolute Gasteiger partial charge is 0.328 e. The van der Waals surface area contributed by atoms with Crippen LogP contribution in [0.2, 0.25) is 0 Å². The van der Waals surface area contributed by atoms with E-state index in [1.54, 1.807) is 0 Å². The number of rotatable bonds is 4. The summed E-state index contributed by atoms with van der Waals surface area (Å²) >= 11 is 0. The highest BCUT2D eigenvalue weighted by Gasteiger charge is 2.09. The molecular formula is C13H18N2. The summed E-state index contributed by atoms with van der Waals surface area (Å²) in [5, 5.41) is 0. The third-order valence-corrected chi connectivity index (χ3v) is 2.77. The minimum Gasteiger partial charge on any atom is -0.328 e. The fourth-order valence-electron chi connectivity index (χ4n) is 1.80. The van der Waals surface area contributed by atoms with Crippen LogP contribution in [0.3, 0.4) is 0 Å². The number of nitrogens with one attached hydrogen (secondary N) is 2. The molecule has 15 heavy (non-hydrogen) atoms. The maximum absolute atomic E-state index is 3.17. The van der Waals surface area contributed by atoms with Crippen molar-refractivity contribution in [2.75, 3.05) is 0 Å². The van der Waals surface area contributed by atoms with E-state index in [-0.39, 0.29) is 0 Å². The van der Waals surface area contributed by atoms with Gasteiger partial charge in [-0.2, -0.15) is 0 Å². The van der Waals surface area contributed by atoms with Crippen LogP contribution >= 0.6 is 0 Å². The molecule has 1 heterocycles. The Hall–Kier alpha value is -1.28. The van der Waals surface area contributed by atoms with Gasteiger partial charge >= 0.3 is 0 Å². The topological polar surface area (TPSA) is 24.1 Å². The maximum atomic E-state index is 3.17. The Morgan fingerprint density at radius 1 is 1.20 bits per heavy atom. The van der Waals surface area contributed by atoms with E-state index < -0.39 is 0 Å². The summed E-state index contributed by atoms with van der Waals surface area (Å²) in [4.78, 5) is 0. The second kappa shape index (κ2) is 4.99. The molecular weight excluding hydrogens is 184 g/mol. The van der Waals surface area contributed by atoms with Gasteiger partial charge in [0.15, 0.2) is 0 Å². The van der Waals surface area contributed by atoms with Crippen LogP contribution in [0.4, 0.5) is 0 Å². The summed E-state index contributed by atoms with van der Waals surface area (Å²) in [6, 6.07) is 9.21. The van der Waals surface area contributed by atoms with Crippen LogP contribution in [0.25, 0.3) is 0 Å². The Morgan fingerprint density at radius 2 is 2.00 bits per heavy atom. The van der Waals surface area contributed by atoms with Gasteiger partial charge in [0.1, 0.15) is 0 Å². The second-order valence-corrected chi connectivity index (χ2v) is 3.97. The standard InChI is InChI=1S/C13H18N2/c1-2-3-4-11-5-7-12(8-6-11)13-9-10-14-15-13/h5-10,13-15H,2-4H2,1H3. The van der Waals surface area contributed by atoms with E-state index in [1.165, 1.54) is 30.4 Å². The van der Waals surface area contributed by atoms with E-state index in [9.17, 15) is 0 Å². The molecule has 0 bridgehead atoms. The van der Waals surface area contributed by atoms with Crippen LogP contribution in [-0.2, 0) is 6.42 Å². The Morgan fingerprint density at radius 3 is 2.60 bits per heavy atom. The number of hydrogen-bond donors (Lipinski definition) is 2. The van der Waals surface area contributed by atoms with Gasteiger partial charge in [-0.3, -0.25) is 0 Å². The van der Waals surface area contributed by atoms with E-state index in [2.05, 4.69) is 48.1 Å². The van der Waals surface area contributed by atoms with Crippen molar-refractivity contribution in [3.05, 3.63) is 47.7 Å². The summed E-state index contributed by atoms with van der Waals surface area (Å²) in [6.07, 6.45) is 7.81. The van der Waals surface area contributed by atoms with Crippen LogP contribution in [0, 0.1) is 0 Å². The molecule has 0 saturated carbocycles. The van der Waals surface area contributed by atoms with E-state index >= 15 is 0 Å². The Labute approximate surface area is 91.4 Å². The van der Waals surface area contributed by atoms with Gasteiger partial charge in [-0.15, -0.1) is 0 Å². The molecule has 2 N–H and O–H groups in total. The van der Waals surface area contributed by atoms with Gasteiger partial charge in [-0.1, -0.05) is 37.6 Å². The molecule has 2 rings (SSSR count). The van der Waals surface area contributed by atoms with Crippen molar-refractivity contribution in [3.8, 4) is 0 Å². The van der Waals surface area contributed by atoms with Crippen molar-refractivity contribution in [2.45, 2.75) is 32.2 Å². The first-order valence-corrected chi connectivity index (χ1v) is 5.66. The van der Waals surface area contributed by atoms with E-state index in [1.807, 2.05) is 6.20 Å². The predicted octanol–water partition coefficient (Wildman–Crippen LogP) is 2.69. The Kier molecular flexibility index (Phi) is 3.41. The highest BCUT2D eigenvalue weighted by atomic mass is 15.4. The molecule has 1 unspecified atom stereocenters. The fraction of sp³-hybridized carbons (Fsp3) is 0.385. The van der Waals surface area contributed by atoms with Gasteiger partial charge in [-0.05, 0) is 30.0 Å². The highest BCUT2D eigenvalue weighted by Crippen LogP contribution is 2.17. The fourth-order valence-corrected chi connectivity index (χ4v) is 1.80. The number of hydrazine groups is 1. The summed E-state index contributed by atoms with van der Waals surface area (Å²) in [6.45, 7) is 2.23. The lowest BCUT2D eigenvalue weighted by Crippen LogP contribution is -2.24. The van der Waals surface area contributed by atoms with Crippen molar-refractivity contribution in [2.24, 2.45) is 0 Å². The van der Waals surface area contributed by atoms with Crippen molar-refractivity contribution in [1.82, 2.24) is 10.9 Å². The van der Waals surface area contributed by atoms with Gasteiger partial charge in [0.25, 0.3) is 0 Å². The second-order valence-electron chi connectivity index (χ2n) is 3.97. The first-order valence-electron chi connectivity index (χ1n) is 5.66. The molecule has 0 fully saturated rings. The molecule has 0 aliphatic carbocycles. The average Bonchev–Trinajstić information content (AvgIpc) is 2.80. The quantitative estimate of drug-likeness (QED) is 0.784. The molecule has 0 aromatic heterocycles. The van der Waals surface area contributed by atoms with E-state index in [0.717, 1.165) is 0 Å². The summed E-state index contributed by atoms with van der Waals surface area (Å²) in [5.74, 6) is 0. The number of aryl methyl sites for hydroxylation is 1. The van der Waals surface area contributed by atoms with Gasteiger partial charge in [-0.25, -0.2) is 5.43 Å². The highest BCUT2D eigenvalue weighted by molar-refractivity contribution is 5.28. The first kappa shape index (κ1) is 10.2. The van der Waals surface area contributed by atoms with Crippen LogP contribution in [0.5, 0.6) is 0 Å². The van der Waals surface area contributed by atoms with Gasteiger partial charge in [0.05, 0.1) is 6.04 Å². The van der Waals surface area contributed by atoms with Crippen LogP contribution in [0.1, 0.15) is 36.9 Å². The predicted molar refractivity (Wildman–Crippen MR) is 63.2 cm³/mol. The molecule has 0 spiro atoms. The Balaban J connectivity index is 2.00. The number of benzene rings is 1. The Bertz CT molecular complexity index is 327. The van der Waals surface area contributed by atoms with Crippen molar-refractivity contribution < 1.29 is 0 Å². The average molecular weight is 202 g/mol. The zero-order valence-corrected chi connectivity index (χ0v) is 9.16. The smallest absolute Gasteiger partial charge is 0.0707 e. The van der Waals surface area contributed by atoms with Gasteiger partial charge in [0, 0.05) is 6.20 Å². The molecule has 1 aliphatic heterocycles. The summed E-state index contributed by atoms with van der Waals surface area (Å²) < 4.78 is 0. The lowest BCUT2D eigenvalue weighted by Gasteiger charge is -2.09. The number of unbranched alkanes of at least 4 members (excludes halogenated alkanes) is 1. The third kappa shape index (κ3) is 2.60. The molecule has 80 valence electrons. The van der Waals surface area contributed by atoms with E-state index in [4.69, 9.17) is 0 Å². The molecule has 2 nitrogen and oxygen atoms in total. The van der Waals surface area contributed by atoms with Crippen molar-refractivity contribution in [1.29, 1.82) is 0 Å². The number of hydrogen-bond acceptors (Lipinski definition) is 2. The summed E-state index contributed by atoms with van der Waals surface area (Å²) in [7, 11) is 0. The zero-order valence-electron chi connectivity index (χ0n) is 9.16. The lowest BCUT2D eigenvalue weighted by atomic mass is 10.0. The molecule has 1 aromatic carbocycles. The zero-order chi connectivity index (χ0) is 10.5. The third-order valence-electron chi connectivity index (χ3n) is 2.77. The molecule has 2 heteroatoms. The van der Waals surface area contributed by atoms with E-state index in [0.29, 0.717) is 6.04 Å². The molecule has 1 aliphatic rings. The minimum atomic E-state index is 0.324. The minimum absolute atomic E-state index is 0.324.